The smallest absolute Gasteiger partial charge is 0.255 e. The third kappa shape index (κ3) is 2.52. The van der Waals surface area contributed by atoms with Crippen molar-refractivity contribution in [1.29, 1.82) is 0 Å². The minimum Gasteiger partial charge on any atom is -0.319 e. The molecule has 0 spiro atoms. The van der Waals surface area contributed by atoms with Gasteiger partial charge in [-0.05, 0) is 30.3 Å². The second-order valence-electron chi connectivity index (χ2n) is 4.65. The van der Waals surface area contributed by atoms with Crippen molar-refractivity contribution >= 4 is 17.2 Å². The van der Waals surface area contributed by atoms with Crippen LogP contribution in [0.3, 0.4) is 0 Å². The van der Waals surface area contributed by atoms with Crippen LogP contribution >= 0.6 is 0 Å². The molecule has 0 fully saturated rings. The third-order valence-corrected chi connectivity index (χ3v) is 3.15. The number of anilines is 1. The first-order chi connectivity index (χ1) is 10.6. The Balaban J connectivity index is 1.93. The Morgan fingerprint density at radius 3 is 2.82 bits per heavy atom. The molecule has 2 heterocycles. The molecule has 0 aliphatic rings. The van der Waals surface area contributed by atoms with Gasteiger partial charge in [0.1, 0.15) is 0 Å². The molecule has 0 atom stereocenters. The number of pyridine rings is 1. The Morgan fingerprint density at radius 2 is 2.09 bits per heavy atom. The van der Waals surface area contributed by atoms with Gasteiger partial charge in [-0.15, -0.1) is 0 Å². The monoisotopic (exact) mass is 302 g/mol. The molecule has 22 heavy (non-hydrogen) atoms. The maximum absolute atomic E-state index is 13.2. The van der Waals surface area contributed by atoms with Crippen molar-refractivity contribution in [2.75, 3.05) is 5.32 Å². The highest BCUT2D eigenvalue weighted by molar-refractivity contribution is 6.05. The molecular formula is C15H12F2N4O. The van der Waals surface area contributed by atoms with Gasteiger partial charge in [0.15, 0.2) is 23.1 Å². The maximum Gasteiger partial charge on any atom is 0.255 e. The van der Waals surface area contributed by atoms with Crippen molar-refractivity contribution in [3.8, 4) is 0 Å². The number of nitrogens with zero attached hydrogens (tertiary/aromatic N) is 3. The van der Waals surface area contributed by atoms with E-state index in [1.54, 1.807) is 22.8 Å². The van der Waals surface area contributed by atoms with E-state index < -0.39 is 17.5 Å². The second-order valence-corrected chi connectivity index (χ2v) is 4.65. The Kier molecular flexibility index (Phi) is 3.54. The van der Waals surface area contributed by atoms with E-state index in [-0.39, 0.29) is 5.56 Å². The topological polar surface area (TPSA) is 59.3 Å². The summed E-state index contributed by atoms with van der Waals surface area (Å²) >= 11 is 0. The Morgan fingerprint density at radius 1 is 1.27 bits per heavy atom. The summed E-state index contributed by atoms with van der Waals surface area (Å²) in [5.74, 6) is -1.96. The molecule has 1 amide bonds. The van der Waals surface area contributed by atoms with E-state index in [0.717, 1.165) is 12.1 Å². The van der Waals surface area contributed by atoms with Gasteiger partial charge in [0, 0.05) is 18.2 Å². The largest absolute Gasteiger partial charge is 0.319 e. The number of carbonyl (C=O) groups is 1. The molecular weight excluding hydrogens is 290 g/mol. The molecule has 5 nitrogen and oxygen atoms in total. The Hall–Kier alpha value is -2.83. The number of carbonyl (C=O) groups excluding carboxylic acids is 1. The molecule has 3 aromatic rings. The van der Waals surface area contributed by atoms with Crippen LogP contribution in [0.5, 0.6) is 0 Å². The van der Waals surface area contributed by atoms with E-state index in [0.29, 0.717) is 23.6 Å². The van der Waals surface area contributed by atoms with Gasteiger partial charge >= 0.3 is 0 Å². The predicted molar refractivity (Wildman–Crippen MR) is 76.7 cm³/mol. The lowest BCUT2D eigenvalue weighted by molar-refractivity contribution is 0.102. The second kappa shape index (κ2) is 5.51. The van der Waals surface area contributed by atoms with Crippen molar-refractivity contribution in [1.82, 2.24) is 14.6 Å². The third-order valence-electron chi connectivity index (χ3n) is 3.15. The number of hydrogen-bond donors (Lipinski definition) is 1. The van der Waals surface area contributed by atoms with Crippen LogP contribution in [0.1, 0.15) is 23.1 Å². The van der Waals surface area contributed by atoms with Gasteiger partial charge in [-0.3, -0.25) is 4.79 Å². The molecule has 0 saturated carbocycles. The number of benzene rings is 1. The van der Waals surface area contributed by atoms with Crippen molar-refractivity contribution in [2.45, 2.75) is 13.3 Å². The minimum absolute atomic E-state index is 0.0242. The normalized spacial score (nSPS) is 10.9. The van der Waals surface area contributed by atoms with E-state index in [9.17, 15) is 13.6 Å². The van der Waals surface area contributed by atoms with Gasteiger partial charge in [0.2, 0.25) is 0 Å². The number of halogens is 2. The maximum atomic E-state index is 13.2. The van der Waals surface area contributed by atoms with E-state index in [1.807, 2.05) is 6.92 Å². The first-order valence-electron chi connectivity index (χ1n) is 6.69. The zero-order valence-electron chi connectivity index (χ0n) is 11.7. The van der Waals surface area contributed by atoms with Crippen LogP contribution < -0.4 is 5.32 Å². The van der Waals surface area contributed by atoms with Crippen molar-refractivity contribution < 1.29 is 13.6 Å². The van der Waals surface area contributed by atoms with Crippen LogP contribution in [-0.4, -0.2) is 20.5 Å². The van der Waals surface area contributed by atoms with Gasteiger partial charge in [0.25, 0.3) is 5.91 Å². The van der Waals surface area contributed by atoms with Crippen LogP contribution in [0.4, 0.5) is 14.5 Å². The summed E-state index contributed by atoms with van der Waals surface area (Å²) in [7, 11) is 0. The highest BCUT2D eigenvalue weighted by Crippen LogP contribution is 2.17. The van der Waals surface area contributed by atoms with Crippen LogP contribution in [0.15, 0.2) is 36.5 Å². The fourth-order valence-electron chi connectivity index (χ4n) is 2.03. The number of fused-ring (bicyclic) bond motifs is 1. The van der Waals surface area contributed by atoms with Gasteiger partial charge < -0.3 is 5.32 Å². The average molecular weight is 302 g/mol. The van der Waals surface area contributed by atoms with E-state index in [1.165, 1.54) is 6.07 Å². The van der Waals surface area contributed by atoms with Gasteiger partial charge in [-0.25, -0.2) is 18.3 Å². The van der Waals surface area contributed by atoms with Gasteiger partial charge in [-0.2, -0.15) is 5.10 Å². The molecule has 0 aliphatic heterocycles. The Labute approximate surface area is 124 Å². The lowest BCUT2D eigenvalue weighted by Gasteiger charge is -2.06. The average Bonchev–Trinajstić information content (AvgIpc) is 2.94. The predicted octanol–water partition coefficient (Wildman–Crippen LogP) is 2.82. The summed E-state index contributed by atoms with van der Waals surface area (Å²) in [4.78, 5) is 16.5. The number of hydrogen-bond acceptors (Lipinski definition) is 3. The molecule has 1 N–H and O–H groups in total. The van der Waals surface area contributed by atoms with Crippen molar-refractivity contribution in [3.63, 3.8) is 0 Å². The Bertz CT molecular complexity index is 860. The molecule has 7 heteroatoms. The number of aryl methyl sites for hydroxylation is 1. The fraction of sp³-hybridized carbons (Fsp3) is 0.133. The molecule has 2 aromatic heterocycles. The molecule has 112 valence electrons. The lowest BCUT2D eigenvalue weighted by Crippen LogP contribution is -2.13. The quantitative estimate of drug-likeness (QED) is 0.809. The molecule has 0 aliphatic carbocycles. The number of aromatic nitrogens is 3. The molecule has 1 aromatic carbocycles. The van der Waals surface area contributed by atoms with Crippen LogP contribution in [-0.2, 0) is 6.42 Å². The summed E-state index contributed by atoms with van der Waals surface area (Å²) in [5, 5.41) is 6.88. The fourth-order valence-corrected chi connectivity index (χ4v) is 2.03. The molecule has 0 unspecified atom stereocenters. The highest BCUT2D eigenvalue weighted by Gasteiger charge is 2.13. The first-order valence-corrected chi connectivity index (χ1v) is 6.69. The highest BCUT2D eigenvalue weighted by atomic mass is 19.2. The van der Waals surface area contributed by atoms with Crippen LogP contribution in [0.2, 0.25) is 0 Å². The van der Waals surface area contributed by atoms with E-state index >= 15 is 0 Å². The van der Waals surface area contributed by atoms with Crippen molar-refractivity contribution in [3.05, 3.63) is 59.6 Å². The molecule has 3 rings (SSSR count). The van der Waals surface area contributed by atoms with Gasteiger partial charge in [-0.1, -0.05) is 6.92 Å². The zero-order valence-corrected chi connectivity index (χ0v) is 11.7. The number of nitrogens with one attached hydrogen (secondary N) is 1. The van der Waals surface area contributed by atoms with Crippen LogP contribution in [0, 0.1) is 11.6 Å². The summed E-state index contributed by atoms with van der Waals surface area (Å²) in [6.07, 6.45) is 2.38. The number of amides is 1. The SMILES string of the molecule is CCc1nc2c(NC(=O)c3ccc(F)c(F)c3)cccn2n1. The van der Waals surface area contributed by atoms with Gasteiger partial charge in [0.05, 0.1) is 5.69 Å². The first kappa shape index (κ1) is 14.1. The summed E-state index contributed by atoms with van der Waals surface area (Å²) in [6.45, 7) is 1.92. The molecule has 0 saturated heterocycles. The molecule has 0 bridgehead atoms. The van der Waals surface area contributed by atoms with E-state index in [4.69, 9.17) is 0 Å². The number of rotatable bonds is 3. The lowest BCUT2D eigenvalue weighted by atomic mass is 10.2. The zero-order chi connectivity index (χ0) is 15.7. The summed E-state index contributed by atoms with van der Waals surface area (Å²) < 4.78 is 27.7. The molecule has 0 radical (unpaired) electrons. The van der Waals surface area contributed by atoms with Crippen LogP contribution in [0.25, 0.3) is 5.65 Å². The summed E-state index contributed by atoms with van der Waals surface area (Å²) in [5.41, 5.74) is 0.968. The minimum atomic E-state index is -1.07. The van der Waals surface area contributed by atoms with Crippen molar-refractivity contribution in [2.24, 2.45) is 0 Å². The standard InChI is InChI=1S/C15H12F2N4O/c1-2-13-19-14-12(4-3-7-21(14)20-13)18-15(22)9-5-6-10(16)11(17)8-9/h3-8H,2H2,1H3,(H,18,22). The summed E-state index contributed by atoms with van der Waals surface area (Å²) in [6, 6.07) is 6.36. The van der Waals surface area contributed by atoms with E-state index in [2.05, 4.69) is 15.4 Å².